The zero-order valence-electron chi connectivity index (χ0n) is 19.6. The predicted octanol–water partition coefficient (Wildman–Crippen LogP) is 4.55. The van der Waals surface area contributed by atoms with E-state index in [9.17, 15) is 4.79 Å². The second-order valence-corrected chi connectivity index (χ2v) is 8.21. The molecule has 35 heavy (non-hydrogen) atoms. The van der Waals surface area contributed by atoms with Crippen molar-refractivity contribution in [2.75, 3.05) is 11.9 Å². The number of hydrogen-bond donors (Lipinski definition) is 2. The molecule has 2 atom stereocenters. The highest BCUT2D eigenvalue weighted by Gasteiger charge is 2.21. The van der Waals surface area contributed by atoms with Crippen molar-refractivity contribution in [3.8, 4) is 17.6 Å². The zero-order valence-corrected chi connectivity index (χ0v) is 19.6. The standard InChI is InChI=1S/C27H26N6O2/c1-19(21-10-8-20(14-28)9-11-21)15-30-26(22-6-4-3-5-7-22)27(34)32-25-13-12-23(16-29-25)35-24-17-31-33(2)18-24/h3-13,16-19,26,30H,15H2,1-2H3,(H,29,32,34)/t19-,26-/m1/s1. The summed E-state index contributed by atoms with van der Waals surface area (Å²) in [5, 5.41) is 19.4. The molecule has 0 saturated carbocycles. The summed E-state index contributed by atoms with van der Waals surface area (Å²) in [7, 11) is 1.81. The highest BCUT2D eigenvalue weighted by atomic mass is 16.5. The average Bonchev–Trinajstić information content (AvgIpc) is 3.30. The molecular weight excluding hydrogens is 440 g/mol. The molecule has 0 unspecified atom stereocenters. The van der Waals surface area contributed by atoms with Crippen LogP contribution < -0.4 is 15.4 Å². The van der Waals surface area contributed by atoms with Crippen molar-refractivity contribution in [3.05, 3.63) is 102 Å². The molecule has 4 rings (SSSR count). The quantitative estimate of drug-likeness (QED) is 0.375. The summed E-state index contributed by atoms with van der Waals surface area (Å²) in [6, 6.07) is 22.1. The lowest BCUT2D eigenvalue weighted by atomic mass is 9.98. The maximum atomic E-state index is 13.2. The third kappa shape index (κ3) is 6.31. The van der Waals surface area contributed by atoms with Gasteiger partial charge in [0, 0.05) is 13.6 Å². The number of aromatic nitrogens is 3. The number of nitriles is 1. The van der Waals surface area contributed by atoms with Crippen LogP contribution in [0.25, 0.3) is 0 Å². The number of ether oxygens (including phenoxy) is 1. The Kier molecular flexibility index (Phi) is 7.50. The van der Waals surface area contributed by atoms with E-state index < -0.39 is 6.04 Å². The van der Waals surface area contributed by atoms with E-state index in [1.807, 2.05) is 49.5 Å². The first-order valence-electron chi connectivity index (χ1n) is 11.2. The first-order chi connectivity index (χ1) is 17.0. The molecule has 8 heteroatoms. The molecule has 2 aromatic heterocycles. The monoisotopic (exact) mass is 466 g/mol. The summed E-state index contributed by atoms with van der Waals surface area (Å²) in [5.74, 6) is 1.51. The van der Waals surface area contributed by atoms with Crippen LogP contribution in [0, 0.1) is 11.3 Å². The largest absolute Gasteiger partial charge is 0.452 e. The molecule has 1 amide bonds. The summed E-state index contributed by atoms with van der Waals surface area (Å²) in [6.07, 6.45) is 4.93. The van der Waals surface area contributed by atoms with Gasteiger partial charge in [0.1, 0.15) is 17.6 Å². The first-order valence-corrected chi connectivity index (χ1v) is 11.2. The Balaban J connectivity index is 1.42. The third-order valence-corrected chi connectivity index (χ3v) is 5.54. The molecule has 0 radical (unpaired) electrons. The van der Waals surface area contributed by atoms with Gasteiger partial charge in [-0.1, -0.05) is 49.4 Å². The SMILES string of the molecule is C[C@H](CN[C@@H](C(=O)Nc1ccc(Oc2cnn(C)c2)cn1)c1ccccc1)c1ccc(C#N)cc1. The van der Waals surface area contributed by atoms with Crippen LogP contribution in [-0.2, 0) is 11.8 Å². The van der Waals surface area contributed by atoms with Gasteiger partial charge in [-0.15, -0.1) is 0 Å². The number of nitrogens with zero attached hydrogens (tertiary/aromatic N) is 4. The number of carbonyl (C=O) groups is 1. The van der Waals surface area contributed by atoms with Gasteiger partial charge in [-0.25, -0.2) is 4.98 Å². The van der Waals surface area contributed by atoms with E-state index in [4.69, 9.17) is 10.00 Å². The van der Waals surface area contributed by atoms with Gasteiger partial charge in [-0.3, -0.25) is 9.48 Å². The van der Waals surface area contributed by atoms with E-state index in [1.54, 1.807) is 47.5 Å². The second-order valence-electron chi connectivity index (χ2n) is 8.21. The highest BCUT2D eigenvalue weighted by molar-refractivity contribution is 5.94. The van der Waals surface area contributed by atoms with Gasteiger partial charge in [-0.05, 0) is 41.3 Å². The maximum Gasteiger partial charge on any atom is 0.247 e. The van der Waals surface area contributed by atoms with Crippen LogP contribution in [0.4, 0.5) is 5.82 Å². The Morgan fingerprint density at radius 2 is 1.80 bits per heavy atom. The number of hydrogen-bond acceptors (Lipinski definition) is 6. The van der Waals surface area contributed by atoms with Gasteiger partial charge in [0.05, 0.1) is 30.2 Å². The molecule has 2 heterocycles. The summed E-state index contributed by atoms with van der Waals surface area (Å²) in [4.78, 5) is 17.6. The van der Waals surface area contributed by atoms with Gasteiger partial charge in [0.25, 0.3) is 0 Å². The van der Waals surface area contributed by atoms with Crippen LogP contribution in [0.15, 0.2) is 85.3 Å². The lowest BCUT2D eigenvalue weighted by molar-refractivity contribution is -0.118. The highest BCUT2D eigenvalue weighted by Crippen LogP contribution is 2.22. The van der Waals surface area contributed by atoms with E-state index in [1.165, 1.54) is 0 Å². The molecule has 8 nitrogen and oxygen atoms in total. The zero-order chi connectivity index (χ0) is 24.6. The van der Waals surface area contributed by atoms with Crippen molar-refractivity contribution in [1.29, 1.82) is 5.26 Å². The van der Waals surface area contributed by atoms with Crippen LogP contribution in [-0.4, -0.2) is 27.2 Å². The fourth-order valence-corrected chi connectivity index (χ4v) is 3.61. The Morgan fingerprint density at radius 1 is 1.03 bits per heavy atom. The molecule has 4 aromatic rings. The smallest absolute Gasteiger partial charge is 0.247 e. The number of benzene rings is 2. The summed E-state index contributed by atoms with van der Waals surface area (Å²) in [6.45, 7) is 2.65. The van der Waals surface area contributed by atoms with Crippen molar-refractivity contribution in [1.82, 2.24) is 20.1 Å². The topological polar surface area (TPSA) is 105 Å². The molecule has 0 saturated heterocycles. The van der Waals surface area contributed by atoms with Crippen molar-refractivity contribution < 1.29 is 9.53 Å². The van der Waals surface area contributed by atoms with E-state index in [2.05, 4.69) is 33.7 Å². The number of anilines is 1. The van der Waals surface area contributed by atoms with E-state index in [-0.39, 0.29) is 11.8 Å². The Labute approximate surface area is 204 Å². The molecule has 0 bridgehead atoms. The van der Waals surface area contributed by atoms with Gasteiger partial charge in [0.15, 0.2) is 5.75 Å². The summed E-state index contributed by atoms with van der Waals surface area (Å²) in [5.41, 5.74) is 2.57. The normalized spacial score (nSPS) is 12.4. The van der Waals surface area contributed by atoms with Crippen LogP contribution in [0.1, 0.15) is 35.6 Å². The summed E-state index contributed by atoms with van der Waals surface area (Å²) < 4.78 is 7.36. The fourth-order valence-electron chi connectivity index (χ4n) is 3.61. The molecule has 176 valence electrons. The van der Waals surface area contributed by atoms with Crippen LogP contribution in [0.3, 0.4) is 0 Å². The Hall–Kier alpha value is -4.48. The number of pyridine rings is 1. The van der Waals surface area contributed by atoms with Gasteiger partial charge in [0.2, 0.25) is 5.91 Å². The van der Waals surface area contributed by atoms with E-state index >= 15 is 0 Å². The number of aryl methyl sites for hydroxylation is 1. The lowest BCUT2D eigenvalue weighted by Crippen LogP contribution is -2.35. The molecule has 2 aromatic carbocycles. The molecule has 0 aliphatic carbocycles. The second kappa shape index (κ2) is 11.1. The lowest BCUT2D eigenvalue weighted by Gasteiger charge is -2.21. The van der Waals surface area contributed by atoms with Crippen LogP contribution in [0.5, 0.6) is 11.5 Å². The van der Waals surface area contributed by atoms with Gasteiger partial charge >= 0.3 is 0 Å². The average molecular weight is 467 g/mol. The molecule has 0 spiro atoms. The van der Waals surface area contributed by atoms with Crippen LogP contribution in [0.2, 0.25) is 0 Å². The van der Waals surface area contributed by atoms with Crippen molar-refractivity contribution in [2.24, 2.45) is 7.05 Å². The minimum Gasteiger partial charge on any atom is -0.452 e. The minimum absolute atomic E-state index is 0.142. The maximum absolute atomic E-state index is 13.2. The number of amides is 1. The molecule has 0 fully saturated rings. The first kappa shape index (κ1) is 23.7. The molecular formula is C27H26N6O2. The van der Waals surface area contributed by atoms with Crippen LogP contribution >= 0.6 is 0 Å². The van der Waals surface area contributed by atoms with Crippen molar-refractivity contribution in [3.63, 3.8) is 0 Å². The van der Waals surface area contributed by atoms with E-state index in [0.717, 1.165) is 11.1 Å². The van der Waals surface area contributed by atoms with Gasteiger partial charge in [-0.2, -0.15) is 10.4 Å². The molecule has 0 aliphatic heterocycles. The van der Waals surface area contributed by atoms with Crippen molar-refractivity contribution >= 4 is 11.7 Å². The van der Waals surface area contributed by atoms with Crippen molar-refractivity contribution in [2.45, 2.75) is 18.9 Å². The third-order valence-electron chi connectivity index (χ3n) is 5.54. The fraction of sp³-hybridized carbons (Fsp3) is 0.185. The summed E-state index contributed by atoms with van der Waals surface area (Å²) >= 11 is 0. The molecule has 2 N–H and O–H groups in total. The molecule has 0 aliphatic rings. The minimum atomic E-state index is -0.565. The Morgan fingerprint density at radius 3 is 2.43 bits per heavy atom. The number of rotatable bonds is 9. The number of nitrogens with one attached hydrogen (secondary N) is 2. The van der Waals surface area contributed by atoms with E-state index in [0.29, 0.717) is 29.4 Å². The Bertz CT molecular complexity index is 1290. The van der Waals surface area contributed by atoms with Gasteiger partial charge < -0.3 is 15.4 Å². The number of carbonyl (C=O) groups excluding carboxylic acids is 1. The predicted molar refractivity (Wildman–Crippen MR) is 133 cm³/mol.